The molecule has 78 valence electrons. The summed E-state index contributed by atoms with van der Waals surface area (Å²) in [6.07, 6.45) is 8.24. The number of hydrogen-bond donors (Lipinski definition) is 1. The highest BCUT2D eigenvalue weighted by Gasteiger charge is 2.03. The molecule has 0 saturated heterocycles. The molecule has 0 saturated carbocycles. The van der Waals surface area contributed by atoms with Crippen molar-refractivity contribution < 1.29 is 4.79 Å². The quantitative estimate of drug-likeness (QED) is 0.594. The Morgan fingerprint density at radius 1 is 1.67 bits per heavy atom. The lowest BCUT2D eigenvalue weighted by atomic mass is 10.2. The highest BCUT2D eigenvalue weighted by Crippen LogP contribution is 2.00. The third-order valence-electron chi connectivity index (χ3n) is 1.94. The van der Waals surface area contributed by atoms with Crippen molar-refractivity contribution in [2.75, 3.05) is 6.54 Å². The summed E-state index contributed by atoms with van der Waals surface area (Å²) < 4.78 is 0. The number of unbranched alkanes of at least 4 members (excludes halogenated alkanes) is 1. The zero-order valence-corrected chi connectivity index (χ0v) is 8.79. The number of aromatic nitrogens is 1. The van der Waals surface area contributed by atoms with Crippen LogP contribution in [-0.4, -0.2) is 17.4 Å². The first-order valence-corrected chi connectivity index (χ1v) is 4.88. The SMILES string of the molecule is C#CCCCNC(=O)c1ccnc(C)c1. The smallest absolute Gasteiger partial charge is 0.251 e. The number of carbonyl (C=O) groups excluding carboxylic acids is 1. The van der Waals surface area contributed by atoms with Gasteiger partial charge in [0.15, 0.2) is 0 Å². The Labute approximate surface area is 89.9 Å². The second-order valence-electron chi connectivity index (χ2n) is 3.25. The van der Waals surface area contributed by atoms with Gasteiger partial charge in [-0.1, -0.05) is 0 Å². The van der Waals surface area contributed by atoms with E-state index in [4.69, 9.17) is 6.42 Å². The first-order valence-electron chi connectivity index (χ1n) is 4.88. The van der Waals surface area contributed by atoms with E-state index in [0.717, 1.165) is 12.1 Å². The van der Waals surface area contributed by atoms with Crippen molar-refractivity contribution >= 4 is 5.91 Å². The number of rotatable bonds is 4. The molecule has 3 heteroatoms. The average molecular weight is 202 g/mol. The number of hydrogen-bond acceptors (Lipinski definition) is 2. The van der Waals surface area contributed by atoms with Gasteiger partial charge in [0.2, 0.25) is 0 Å². The van der Waals surface area contributed by atoms with Crippen LogP contribution in [0.3, 0.4) is 0 Å². The summed E-state index contributed by atoms with van der Waals surface area (Å²) in [5.41, 5.74) is 1.48. The first kappa shape index (κ1) is 11.3. The molecule has 1 aromatic rings. The van der Waals surface area contributed by atoms with Crippen LogP contribution in [0.1, 0.15) is 28.9 Å². The summed E-state index contributed by atoms with van der Waals surface area (Å²) in [6, 6.07) is 3.46. The second-order valence-corrected chi connectivity index (χ2v) is 3.25. The minimum Gasteiger partial charge on any atom is -0.352 e. The van der Waals surface area contributed by atoms with Crippen molar-refractivity contribution in [2.24, 2.45) is 0 Å². The number of amides is 1. The van der Waals surface area contributed by atoms with E-state index >= 15 is 0 Å². The lowest BCUT2D eigenvalue weighted by molar-refractivity contribution is 0.0953. The van der Waals surface area contributed by atoms with Crippen molar-refractivity contribution in [1.82, 2.24) is 10.3 Å². The van der Waals surface area contributed by atoms with Gasteiger partial charge in [0.1, 0.15) is 0 Å². The maximum atomic E-state index is 11.6. The number of pyridine rings is 1. The molecule has 0 aromatic carbocycles. The van der Waals surface area contributed by atoms with Gasteiger partial charge in [0, 0.05) is 30.4 Å². The van der Waals surface area contributed by atoms with Crippen molar-refractivity contribution in [3.05, 3.63) is 29.6 Å². The number of terminal acetylenes is 1. The predicted octanol–water partition coefficient (Wildman–Crippen LogP) is 1.53. The summed E-state index contributed by atoms with van der Waals surface area (Å²) in [6.45, 7) is 2.47. The molecule has 0 aliphatic heterocycles. The second kappa shape index (κ2) is 5.82. The molecule has 0 unspecified atom stereocenters. The molecule has 0 bridgehead atoms. The van der Waals surface area contributed by atoms with E-state index in [1.807, 2.05) is 6.92 Å². The van der Waals surface area contributed by atoms with Gasteiger partial charge in [-0.3, -0.25) is 9.78 Å². The van der Waals surface area contributed by atoms with Crippen molar-refractivity contribution in [3.8, 4) is 12.3 Å². The Bertz CT molecular complexity index is 379. The molecule has 15 heavy (non-hydrogen) atoms. The normalized spacial score (nSPS) is 9.33. The Kier molecular flexibility index (Phi) is 4.36. The third-order valence-corrected chi connectivity index (χ3v) is 1.94. The molecule has 1 aromatic heterocycles. The number of carbonyl (C=O) groups is 1. The van der Waals surface area contributed by atoms with E-state index in [1.165, 1.54) is 0 Å². The summed E-state index contributed by atoms with van der Waals surface area (Å²) >= 11 is 0. The lowest BCUT2D eigenvalue weighted by Gasteiger charge is -2.03. The van der Waals surface area contributed by atoms with Crippen molar-refractivity contribution in [1.29, 1.82) is 0 Å². The minimum absolute atomic E-state index is 0.0717. The van der Waals surface area contributed by atoms with E-state index in [0.29, 0.717) is 18.5 Å². The molecule has 0 radical (unpaired) electrons. The molecule has 0 aliphatic rings. The van der Waals surface area contributed by atoms with E-state index < -0.39 is 0 Å². The minimum atomic E-state index is -0.0717. The van der Waals surface area contributed by atoms with Crippen LogP contribution < -0.4 is 5.32 Å². The van der Waals surface area contributed by atoms with E-state index in [1.54, 1.807) is 18.3 Å². The van der Waals surface area contributed by atoms with Crippen LogP contribution >= 0.6 is 0 Å². The number of aryl methyl sites for hydroxylation is 1. The molecular formula is C12H14N2O. The standard InChI is InChI=1S/C12H14N2O/c1-3-4-5-7-14-12(15)11-6-8-13-10(2)9-11/h1,6,8-9H,4-5,7H2,2H3,(H,14,15). The van der Waals surface area contributed by atoms with Crippen LogP contribution in [0, 0.1) is 19.3 Å². The largest absolute Gasteiger partial charge is 0.352 e. The van der Waals surface area contributed by atoms with Crippen molar-refractivity contribution in [3.63, 3.8) is 0 Å². The fourth-order valence-electron chi connectivity index (χ4n) is 1.18. The van der Waals surface area contributed by atoms with Gasteiger partial charge in [-0.2, -0.15) is 0 Å². The van der Waals surface area contributed by atoms with Crippen LogP contribution in [0.15, 0.2) is 18.3 Å². The maximum Gasteiger partial charge on any atom is 0.251 e. The van der Waals surface area contributed by atoms with Gasteiger partial charge < -0.3 is 5.32 Å². The van der Waals surface area contributed by atoms with E-state index in [2.05, 4.69) is 16.2 Å². The molecule has 0 fully saturated rings. The molecule has 1 heterocycles. The van der Waals surface area contributed by atoms with Gasteiger partial charge in [-0.05, 0) is 25.5 Å². The number of nitrogens with one attached hydrogen (secondary N) is 1. The fourth-order valence-corrected chi connectivity index (χ4v) is 1.18. The van der Waals surface area contributed by atoms with Gasteiger partial charge in [-0.25, -0.2) is 0 Å². The van der Waals surface area contributed by atoms with Crippen LogP contribution in [0.2, 0.25) is 0 Å². The Morgan fingerprint density at radius 3 is 3.13 bits per heavy atom. The molecule has 0 aliphatic carbocycles. The van der Waals surface area contributed by atoms with Gasteiger partial charge in [0.25, 0.3) is 5.91 Å². The fraction of sp³-hybridized carbons (Fsp3) is 0.333. The zero-order valence-electron chi connectivity index (χ0n) is 8.79. The van der Waals surface area contributed by atoms with Gasteiger partial charge >= 0.3 is 0 Å². The molecule has 0 spiro atoms. The highest BCUT2D eigenvalue weighted by atomic mass is 16.1. The Balaban J connectivity index is 2.44. The lowest BCUT2D eigenvalue weighted by Crippen LogP contribution is -2.24. The molecule has 1 N–H and O–H groups in total. The topological polar surface area (TPSA) is 42.0 Å². The van der Waals surface area contributed by atoms with Crippen LogP contribution in [0.4, 0.5) is 0 Å². The first-order chi connectivity index (χ1) is 7.24. The zero-order chi connectivity index (χ0) is 11.1. The van der Waals surface area contributed by atoms with Crippen LogP contribution in [0.5, 0.6) is 0 Å². The van der Waals surface area contributed by atoms with Gasteiger partial charge in [-0.15, -0.1) is 12.3 Å². The van der Waals surface area contributed by atoms with E-state index in [9.17, 15) is 4.79 Å². The molecule has 3 nitrogen and oxygen atoms in total. The van der Waals surface area contributed by atoms with E-state index in [-0.39, 0.29) is 5.91 Å². The van der Waals surface area contributed by atoms with Crippen LogP contribution in [0.25, 0.3) is 0 Å². The molecule has 1 rings (SSSR count). The average Bonchev–Trinajstić information content (AvgIpc) is 2.24. The molecule has 1 amide bonds. The number of nitrogens with zero attached hydrogens (tertiary/aromatic N) is 1. The summed E-state index contributed by atoms with van der Waals surface area (Å²) in [4.78, 5) is 15.6. The monoisotopic (exact) mass is 202 g/mol. The van der Waals surface area contributed by atoms with Crippen LogP contribution in [-0.2, 0) is 0 Å². The van der Waals surface area contributed by atoms with Crippen molar-refractivity contribution in [2.45, 2.75) is 19.8 Å². The maximum absolute atomic E-state index is 11.6. The summed E-state index contributed by atoms with van der Waals surface area (Å²) in [7, 11) is 0. The Hall–Kier alpha value is -1.82. The highest BCUT2D eigenvalue weighted by molar-refractivity contribution is 5.94. The molecule has 0 atom stereocenters. The molecular weight excluding hydrogens is 188 g/mol. The summed E-state index contributed by atoms with van der Waals surface area (Å²) in [5.74, 6) is 2.46. The third kappa shape index (κ3) is 3.82. The Morgan fingerprint density at radius 2 is 2.47 bits per heavy atom. The predicted molar refractivity (Wildman–Crippen MR) is 59.4 cm³/mol. The van der Waals surface area contributed by atoms with Gasteiger partial charge in [0.05, 0.1) is 0 Å². The summed E-state index contributed by atoms with van der Waals surface area (Å²) in [5, 5.41) is 2.80.